The quantitative estimate of drug-likeness (QED) is 0.644. The fourth-order valence-electron chi connectivity index (χ4n) is 3.52. The Morgan fingerprint density at radius 1 is 1.00 bits per heavy atom. The molecule has 1 saturated heterocycles. The van der Waals surface area contributed by atoms with E-state index in [0.29, 0.717) is 43.5 Å². The maximum Gasteiger partial charge on any atom is 0.241 e. The molecule has 0 spiro atoms. The third kappa shape index (κ3) is 5.07. The molecule has 156 valence electrons. The van der Waals surface area contributed by atoms with E-state index in [-0.39, 0.29) is 24.0 Å². The molecular weight excluding hydrogens is 390 g/mol. The second-order valence-electron chi connectivity index (χ2n) is 7.34. The van der Waals surface area contributed by atoms with Crippen molar-refractivity contribution in [2.75, 3.05) is 26.2 Å². The summed E-state index contributed by atoms with van der Waals surface area (Å²) in [6.45, 7) is 3.24. The number of nitrogens with zero attached hydrogens (tertiary/aromatic N) is 4. The van der Waals surface area contributed by atoms with Crippen molar-refractivity contribution in [1.29, 1.82) is 0 Å². The molecule has 1 aliphatic heterocycles. The Kier molecular flexibility index (Phi) is 6.13. The van der Waals surface area contributed by atoms with Crippen LogP contribution in [0.2, 0.25) is 0 Å². The summed E-state index contributed by atoms with van der Waals surface area (Å²) in [5.74, 6) is 0.195. The van der Waals surface area contributed by atoms with E-state index in [2.05, 4.69) is 15.0 Å². The molecule has 0 bridgehead atoms. The van der Waals surface area contributed by atoms with E-state index in [1.807, 2.05) is 4.90 Å². The minimum atomic E-state index is -0.350. The lowest BCUT2D eigenvalue weighted by Crippen LogP contribution is -2.36. The number of benzene rings is 2. The third-order valence-electron chi connectivity index (χ3n) is 5.12. The summed E-state index contributed by atoms with van der Waals surface area (Å²) in [7, 11) is 0. The molecule has 1 amide bonds. The van der Waals surface area contributed by atoms with Gasteiger partial charge in [0, 0.05) is 31.7 Å². The van der Waals surface area contributed by atoms with E-state index >= 15 is 0 Å². The van der Waals surface area contributed by atoms with Crippen LogP contribution in [0.15, 0.2) is 53.1 Å². The Hall–Kier alpha value is -3.13. The van der Waals surface area contributed by atoms with Crippen molar-refractivity contribution in [1.82, 2.24) is 19.9 Å². The van der Waals surface area contributed by atoms with Gasteiger partial charge in [0.05, 0.1) is 13.0 Å². The first-order valence-corrected chi connectivity index (χ1v) is 9.90. The van der Waals surface area contributed by atoms with Crippen molar-refractivity contribution in [3.05, 3.63) is 71.6 Å². The predicted octanol–water partition coefficient (Wildman–Crippen LogP) is 3.29. The largest absolute Gasteiger partial charge is 0.341 e. The molecule has 0 radical (unpaired) electrons. The first kappa shape index (κ1) is 20.2. The van der Waals surface area contributed by atoms with Crippen LogP contribution < -0.4 is 0 Å². The first-order chi connectivity index (χ1) is 14.6. The Balaban J connectivity index is 1.32. The number of rotatable bonds is 5. The van der Waals surface area contributed by atoms with Crippen LogP contribution in [0.1, 0.15) is 17.9 Å². The van der Waals surface area contributed by atoms with Crippen LogP contribution in [0.3, 0.4) is 0 Å². The van der Waals surface area contributed by atoms with Crippen molar-refractivity contribution in [3.8, 4) is 11.4 Å². The van der Waals surface area contributed by atoms with Crippen LogP contribution in [-0.4, -0.2) is 52.0 Å². The molecule has 0 aliphatic carbocycles. The summed E-state index contributed by atoms with van der Waals surface area (Å²) in [5.41, 5.74) is 1.37. The summed E-state index contributed by atoms with van der Waals surface area (Å²) < 4.78 is 31.8. The average molecular weight is 412 g/mol. The fraction of sp³-hybridized carbons (Fsp3) is 0.318. The third-order valence-corrected chi connectivity index (χ3v) is 5.12. The summed E-state index contributed by atoms with van der Waals surface area (Å²) >= 11 is 0. The van der Waals surface area contributed by atoms with Crippen LogP contribution in [0.25, 0.3) is 11.4 Å². The van der Waals surface area contributed by atoms with Gasteiger partial charge in [0.2, 0.25) is 17.6 Å². The lowest BCUT2D eigenvalue weighted by Gasteiger charge is -2.21. The molecule has 0 N–H and O–H groups in total. The van der Waals surface area contributed by atoms with E-state index in [0.717, 1.165) is 18.5 Å². The van der Waals surface area contributed by atoms with Crippen LogP contribution in [0.4, 0.5) is 8.78 Å². The van der Waals surface area contributed by atoms with Gasteiger partial charge in [0.1, 0.15) is 11.6 Å². The lowest BCUT2D eigenvalue weighted by atomic mass is 10.1. The van der Waals surface area contributed by atoms with Gasteiger partial charge in [0.25, 0.3) is 0 Å². The molecule has 0 saturated carbocycles. The topological polar surface area (TPSA) is 62.5 Å². The highest BCUT2D eigenvalue weighted by Gasteiger charge is 2.21. The van der Waals surface area contributed by atoms with Crippen molar-refractivity contribution in [2.24, 2.45) is 0 Å². The van der Waals surface area contributed by atoms with Gasteiger partial charge in [-0.25, -0.2) is 8.78 Å². The molecule has 4 rings (SSSR count). The van der Waals surface area contributed by atoms with Crippen LogP contribution in [0, 0.1) is 11.6 Å². The molecule has 2 aromatic carbocycles. The van der Waals surface area contributed by atoms with Crippen LogP contribution >= 0.6 is 0 Å². The number of aromatic nitrogens is 2. The molecule has 1 fully saturated rings. The van der Waals surface area contributed by atoms with E-state index in [1.54, 1.807) is 24.3 Å². The maximum absolute atomic E-state index is 13.4. The first-order valence-electron chi connectivity index (χ1n) is 9.90. The molecule has 30 heavy (non-hydrogen) atoms. The lowest BCUT2D eigenvalue weighted by molar-refractivity contribution is -0.130. The highest BCUT2D eigenvalue weighted by atomic mass is 19.1. The van der Waals surface area contributed by atoms with Crippen LogP contribution in [-0.2, 0) is 17.8 Å². The molecule has 0 atom stereocenters. The molecule has 1 aliphatic rings. The molecule has 2 heterocycles. The molecule has 3 aromatic rings. The number of halogens is 2. The fourth-order valence-corrected chi connectivity index (χ4v) is 3.52. The van der Waals surface area contributed by atoms with E-state index in [4.69, 9.17) is 4.52 Å². The summed E-state index contributed by atoms with van der Waals surface area (Å²) in [6, 6.07) is 12.1. The van der Waals surface area contributed by atoms with Gasteiger partial charge >= 0.3 is 0 Å². The number of amides is 1. The Morgan fingerprint density at radius 3 is 2.63 bits per heavy atom. The van der Waals surface area contributed by atoms with Gasteiger partial charge in [0.15, 0.2) is 0 Å². The second-order valence-corrected chi connectivity index (χ2v) is 7.34. The zero-order valence-corrected chi connectivity index (χ0v) is 16.4. The summed E-state index contributed by atoms with van der Waals surface area (Å²) in [6.07, 6.45) is 1.10. The van der Waals surface area contributed by atoms with Gasteiger partial charge in [-0.3, -0.25) is 9.69 Å². The smallest absolute Gasteiger partial charge is 0.241 e. The van der Waals surface area contributed by atoms with E-state index in [9.17, 15) is 13.6 Å². The standard InChI is InChI=1S/C22H22F2N4O2/c23-18-7-5-16(6-8-18)13-21(29)28-10-2-9-27(11-12-28)15-20-25-22(26-30-20)17-3-1-4-19(24)14-17/h1,3-8,14H,2,9-13,15H2. The van der Waals surface area contributed by atoms with Gasteiger partial charge in [-0.2, -0.15) is 4.98 Å². The van der Waals surface area contributed by atoms with Crippen molar-refractivity contribution >= 4 is 5.91 Å². The average Bonchev–Trinajstić information content (AvgIpc) is 3.07. The number of hydrogen-bond acceptors (Lipinski definition) is 5. The SMILES string of the molecule is O=C(Cc1ccc(F)cc1)N1CCCN(Cc2nc(-c3cccc(F)c3)no2)CC1. The molecule has 8 heteroatoms. The zero-order chi connectivity index (χ0) is 20.9. The van der Waals surface area contributed by atoms with Crippen molar-refractivity contribution in [2.45, 2.75) is 19.4 Å². The minimum Gasteiger partial charge on any atom is -0.341 e. The Bertz CT molecular complexity index is 1010. The summed E-state index contributed by atoms with van der Waals surface area (Å²) in [5, 5.41) is 3.94. The minimum absolute atomic E-state index is 0.0367. The molecule has 6 nitrogen and oxygen atoms in total. The van der Waals surface area contributed by atoms with Gasteiger partial charge in [-0.15, -0.1) is 0 Å². The van der Waals surface area contributed by atoms with Gasteiger partial charge in [-0.1, -0.05) is 29.4 Å². The number of hydrogen-bond donors (Lipinski definition) is 0. The van der Waals surface area contributed by atoms with Crippen molar-refractivity contribution < 1.29 is 18.1 Å². The normalized spacial score (nSPS) is 15.2. The predicted molar refractivity (Wildman–Crippen MR) is 106 cm³/mol. The highest BCUT2D eigenvalue weighted by molar-refractivity contribution is 5.78. The van der Waals surface area contributed by atoms with Gasteiger partial charge in [-0.05, 0) is 36.2 Å². The van der Waals surface area contributed by atoms with Gasteiger partial charge < -0.3 is 9.42 Å². The van der Waals surface area contributed by atoms with E-state index in [1.165, 1.54) is 24.3 Å². The maximum atomic E-state index is 13.4. The number of carbonyl (C=O) groups excluding carboxylic acids is 1. The Morgan fingerprint density at radius 2 is 1.83 bits per heavy atom. The monoisotopic (exact) mass is 412 g/mol. The second kappa shape index (κ2) is 9.13. The highest BCUT2D eigenvalue weighted by Crippen LogP contribution is 2.18. The zero-order valence-electron chi connectivity index (χ0n) is 16.4. The summed E-state index contributed by atoms with van der Waals surface area (Å²) in [4.78, 5) is 21.0. The number of carbonyl (C=O) groups is 1. The van der Waals surface area contributed by atoms with Crippen LogP contribution in [0.5, 0.6) is 0 Å². The Labute approximate surface area is 173 Å². The molecule has 1 aromatic heterocycles. The molecular formula is C22H22F2N4O2. The molecule has 0 unspecified atom stereocenters. The van der Waals surface area contributed by atoms with Crippen molar-refractivity contribution in [3.63, 3.8) is 0 Å². The van der Waals surface area contributed by atoms with E-state index < -0.39 is 0 Å².